The highest BCUT2D eigenvalue weighted by Gasteiger charge is 2.51. The lowest BCUT2D eigenvalue weighted by molar-refractivity contribution is 0.00578. The van der Waals surface area contributed by atoms with Crippen LogP contribution >= 0.6 is 0 Å². The smallest absolute Gasteiger partial charge is 0.403 e. The monoisotopic (exact) mass is 391 g/mol. The molecular weight excluding hydrogens is 357 g/mol. The van der Waals surface area contributed by atoms with Crippen molar-refractivity contribution in [3.63, 3.8) is 0 Å². The van der Waals surface area contributed by atoms with Gasteiger partial charge in [-0.2, -0.15) is 0 Å². The Hall–Kier alpha value is -2.04. The Morgan fingerprint density at radius 3 is 2.00 bits per heavy atom. The van der Waals surface area contributed by atoms with Gasteiger partial charge in [0.15, 0.2) is 0 Å². The fourth-order valence-corrected chi connectivity index (χ4v) is 3.69. The van der Waals surface area contributed by atoms with Crippen LogP contribution in [-0.2, 0) is 9.31 Å². The van der Waals surface area contributed by atoms with Crippen LogP contribution in [0, 0.1) is 0 Å². The van der Waals surface area contributed by atoms with Crippen molar-refractivity contribution in [3.8, 4) is 0 Å². The average Bonchev–Trinajstić information content (AvgIpc) is 2.88. The van der Waals surface area contributed by atoms with E-state index in [1.54, 1.807) is 0 Å². The molecule has 1 heterocycles. The zero-order chi connectivity index (χ0) is 21.2. The molecule has 2 aromatic rings. The first-order chi connectivity index (χ1) is 13.6. The Labute approximate surface area is 176 Å². The Bertz CT molecular complexity index is 825. The van der Waals surface area contributed by atoms with Gasteiger partial charge in [-0.05, 0) is 69.8 Å². The predicted molar refractivity (Wildman–Crippen MR) is 124 cm³/mol. The number of rotatable bonds is 6. The van der Waals surface area contributed by atoms with E-state index in [-0.39, 0.29) is 24.2 Å². The van der Waals surface area contributed by atoms with E-state index in [2.05, 4.69) is 114 Å². The van der Waals surface area contributed by atoms with Gasteiger partial charge in [-0.15, -0.1) is 0 Å². The fraction of sp³-hybridized carbons (Fsp3) is 0.440. The van der Waals surface area contributed by atoms with Crippen LogP contribution in [0.4, 0.5) is 5.69 Å². The van der Waals surface area contributed by atoms with Gasteiger partial charge >= 0.3 is 7.12 Å². The summed E-state index contributed by atoms with van der Waals surface area (Å²) in [5.74, 6) is 0.209. The molecule has 3 rings (SSSR count). The van der Waals surface area contributed by atoms with Crippen molar-refractivity contribution < 1.29 is 9.31 Å². The van der Waals surface area contributed by atoms with Gasteiger partial charge in [0.05, 0.1) is 11.2 Å². The molecule has 0 saturated carbocycles. The molecule has 154 valence electrons. The maximum Gasteiger partial charge on any atom is 0.458 e. The lowest BCUT2D eigenvalue weighted by Crippen LogP contribution is -2.41. The van der Waals surface area contributed by atoms with Gasteiger partial charge < -0.3 is 14.2 Å². The van der Waals surface area contributed by atoms with Crippen molar-refractivity contribution in [2.45, 2.75) is 58.1 Å². The summed E-state index contributed by atoms with van der Waals surface area (Å²) < 4.78 is 12.6. The molecule has 1 aliphatic heterocycles. The van der Waals surface area contributed by atoms with E-state index in [1.165, 1.54) is 22.4 Å². The number of benzene rings is 2. The van der Waals surface area contributed by atoms with Gasteiger partial charge in [0.1, 0.15) is 0 Å². The third kappa shape index (κ3) is 4.94. The minimum Gasteiger partial charge on any atom is -0.403 e. The lowest BCUT2D eigenvalue weighted by atomic mass is 9.74. The summed E-state index contributed by atoms with van der Waals surface area (Å²) in [7, 11) is 3.91. The van der Waals surface area contributed by atoms with Crippen LogP contribution in [-0.4, -0.2) is 32.4 Å². The molecule has 0 spiro atoms. The summed E-state index contributed by atoms with van der Waals surface area (Å²) in [6, 6.07) is 19.3. The van der Waals surface area contributed by atoms with E-state index in [0.717, 1.165) is 6.32 Å². The molecule has 0 bridgehead atoms. The maximum absolute atomic E-state index is 6.31. The normalized spacial score (nSPS) is 19.3. The van der Waals surface area contributed by atoms with Gasteiger partial charge in [0, 0.05) is 25.7 Å². The van der Waals surface area contributed by atoms with E-state index < -0.39 is 0 Å². The first kappa shape index (κ1) is 21.7. The van der Waals surface area contributed by atoms with Crippen LogP contribution in [0.1, 0.15) is 51.7 Å². The van der Waals surface area contributed by atoms with Gasteiger partial charge in [0.25, 0.3) is 0 Å². The Morgan fingerprint density at radius 1 is 0.931 bits per heavy atom. The van der Waals surface area contributed by atoms with Crippen molar-refractivity contribution in [2.24, 2.45) is 0 Å². The van der Waals surface area contributed by atoms with Gasteiger partial charge in [0.2, 0.25) is 0 Å². The van der Waals surface area contributed by atoms with Crippen LogP contribution in [0.3, 0.4) is 0 Å². The van der Waals surface area contributed by atoms with Gasteiger partial charge in [-0.25, -0.2) is 0 Å². The van der Waals surface area contributed by atoms with Crippen LogP contribution in [0.15, 0.2) is 60.7 Å². The van der Waals surface area contributed by atoms with E-state index in [0.29, 0.717) is 0 Å². The summed E-state index contributed by atoms with van der Waals surface area (Å²) in [4.78, 5) is 2.12. The van der Waals surface area contributed by atoms with E-state index in [1.807, 2.05) is 0 Å². The average molecular weight is 391 g/mol. The van der Waals surface area contributed by atoms with E-state index in [9.17, 15) is 0 Å². The fourth-order valence-electron chi connectivity index (χ4n) is 3.69. The Kier molecular flexibility index (Phi) is 6.26. The topological polar surface area (TPSA) is 21.7 Å². The van der Waals surface area contributed by atoms with Crippen molar-refractivity contribution in [2.75, 3.05) is 19.0 Å². The second-order valence-corrected chi connectivity index (χ2v) is 9.23. The molecule has 2 aromatic carbocycles. The number of allylic oxidation sites excluding steroid dienone is 2. The number of hydrogen-bond acceptors (Lipinski definition) is 3. The minimum absolute atomic E-state index is 0.209. The Morgan fingerprint density at radius 2 is 1.48 bits per heavy atom. The summed E-state index contributed by atoms with van der Waals surface area (Å²) >= 11 is 0. The molecule has 0 radical (unpaired) electrons. The standard InChI is InChI=1S/C25H34BNO2/c1-19(20-11-9-8-10-12-20)17-22(21-13-15-23(16-14-21)27(6)7)18-26-28-24(2,3)25(4,5)29-26/h8-17,22H,18H2,1-7H3/b19-17+. The predicted octanol–water partition coefficient (Wildman–Crippen LogP) is 6.03. The summed E-state index contributed by atoms with van der Waals surface area (Å²) in [6.07, 6.45) is 3.14. The van der Waals surface area contributed by atoms with Crippen molar-refractivity contribution in [1.29, 1.82) is 0 Å². The highest BCUT2D eigenvalue weighted by Crippen LogP contribution is 2.40. The quantitative estimate of drug-likeness (QED) is 0.561. The first-order valence-corrected chi connectivity index (χ1v) is 10.5. The SMILES string of the molecule is C/C(=C\C(CB1OC(C)(C)C(C)(C)O1)c1ccc(N(C)C)cc1)c1ccccc1. The molecule has 1 saturated heterocycles. The molecule has 0 N–H and O–H groups in total. The largest absolute Gasteiger partial charge is 0.458 e. The highest BCUT2D eigenvalue weighted by molar-refractivity contribution is 6.45. The molecule has 1 fully saturated rings. The van der Waals surface area contributed by atoms with Crippen molar-refractivity contribution in [1.82, 2.24) is 0 Å². The third-order valence-corrected chi connectivity index (χ3v) is 6.27. The molecule has 29 heavy (non-hydrogen) atoms. The number of hydrogen-bond donors (Lipinski definition) is 0. The van der Waals surface area contributed by atoms with E-state index >= 15 is 0 Å². The van der Waals surface area contributed by atoms with E-state index in [4.69, 9.17) is 9.31 Å². The molecule has 0 aromatic heterocycles. The van der Waals surface area contributed by atoms with Crippen molar-refractivity contribution >= 4 is 18.4 Å². The summed E-state index contributed by atoms with van der Waals surface area (Å²) in [6.45, 7) is 10.6. The molecule has 1 atom stereocenters. The molecule has 1 unspecified atom stereocenters. The zero-order valence-corrected chi connectivity index (χ0v) is 18.9. The van der Waals surface area contributed by atoms with Crippen molar-refractivity contribution in [3.05, 3.63) is 71.8 Å². The molecule has 0 aliphatic carbocycles. The molecule has 3 nitrogen and oxygen atoms in total. The van der Waals surface area contributed by atoms with Crippen LogP contribution < -0.4 is 4.90 Å². The highest BCUT2D eigenvalue weighted by atomic mass is 16.7. The first-order valence-electron chi connectivity index (χ1n) is 10.5. The molecule has 1 aliphatic rings. The zero-order valence-electron chi connectivity index (χ0n) is 18.9. The lowest BCUT2D eigenvalue weighted by Gasteiger charge is -2.32. The second-order valence-electron chi connectivity index (χ2n) is 9.23. The Balaban J connectivity index is 1.89. The van der Waals surface area contributed by atoms with Gasteiger partial charge in [-0.3, -0.25) is 0 Å². The second kappa shape index (κ2) is 8.37. The van der Waals surface area contributed by atoms with Gasteiger partial charge in [-0.1, -0.05) is 48.5 Å². The molecular formula is C25H34BNO2. The number of nitrogens with zero attached hydrogens (tertiary/aromatic N) is 1. The summed E-state index contributed by atoms with van der Waals surface area (Å²) in [5.41, 5.74) is 4.37. The minimum atomic E-state index is -0.310. The third-order valence-electron chi connectivity index (χ3n) is 6.27. The molecule has 4 heteroatoms. The number of anilines is 1. The van der Waals surface area contributed by atoms with Crippen LogP contribution in [0.5, 0.6) is 0 Å². The van der Waals surface area contributed by atoms with Crippen LogP contribution in [0.25, 0.3) is 5.57 Å². The van der Waals surface area contributed by atoms with Crippen LogP contribution in [0.2, 0.25) is 6.32 Å². The maximum atomic E-state index is 6.31. The summed E-state index contributed by atoms with van der Waals surface area (Å²) in [5, 5.41) is 0. The molecule has 0 amide bonds.